The van der Waals surface area contributed by atoms with Crippen molar-refractivity contribution in [3.63, 3.8) is 0 Å². The van der Waals surface area contributed by atoms with E-state index in [0.717, 1.165) is 18.9 Å². The molecule has 6 heteroatoms. The van der Waals surface area contributed by atoms with Crippen molar-refractivity contribution in [3.05, 3.63) is 12.2 Å². The predicted molar refractivity (Wildman–Crippen MR) is 101 cm³/mol. The predicted octanol–water partition coefficient (Wildman–Crippen LogP) is 5.53. The zero-order chi connectivity index (χ0) is 16.8. The number of rotatable bonds is 13. The van der Waals surface area contributed by atoms with Gasteiger partial charge in [0.1, 0.15) is 0 Å². The molecule has 0 bridgehead atoms. The Balaban J connectivity index is 3.15. The Bertz CT molecular complexity index is 317. The van der Waals surface area contributed by atoms with Crippen LogP contribution in [0.5, 0.6) is 0 Å². The molecule has 130 valence electrons. The summed E-state index contributed by atoms with van der Waals surface area (Å²) in [6.45, 7) is 5.73. The third-order valence-electron chi connectivity index (χ3n) is 3.44. The molecule has 0 atom stereocenters. The van der Waals surface area contributed by atoms with Gasteiger partial charge >= 0.3 is 5.97 Å². The summed E-state index contributed by atoms with van der Waals surface area (Å²) in [5.74, 6) is -0.280. The van der Waals surface area contributed by atoms with Gasteiger partial charge in [-0.05, 0) is 13.3 Å². The Morgan fingerprint density at radius 3 is 1.86 bits per heavy atom. The van der Waals surface area contributed by atoms with Crippen LogP contribution in [0.25, 0.3) is 0 Å². The molecule has 0 aliphatic carbocycles. The van der Waals surface area contributed by atoms with Crippen LogP contribution in [-0.2, 0) is 9.53 Å². The number of esters is 1. The van der Waals surface area contributed by atoms with Gasteiger partial charge in [-0.3, -0.25) is 0 Å². The Morgan fingerprint density at radius 1 is 0.955 bits per heavy atom. The summed E-state index contributed by atoms with van der Waals surface area (Å²) in [5, 5.41) is 0. The van der Waals surface area contributed by atoms with Crippen molar-refractivity contribution in [1.82, 2.24) is 0 Å². The monoisotopic (exact) mass is 386 g/mol. The molecule has 0 spiro atoms. The van der Waals surface area contributed by atoms with Gasteiger partial charge in [0.2, 0.25) is 0 Å². The highest BCUT2D eigenvalue weighted by atomic mass is 35.6. The lowest BCUT2D eigenvalue weighted by Gasteiger charge is -2.08. The van der Waals surface area contributed by atoms with Crippen molar-refractivity contribution in [2.75, 3.05) is 6.61 Å². The zero-order valence-corrected chi connectivity index (χ0v) is 17.3. The number of halogens is 3. The minimum absolute atomic E-state index is 0.280. The molecule has 0 aliphatic rings. The topological polar surface area (TPSA) is 26.3 Å². The van der Waals surface area contributed by atoms with E-state index in [1.165, 1.54) is 44.9 Å². The van der Waals surface area contributed by atoms with Gasteiger partial charge in [-0.1, -0.05) is 98.8 Å². The van der Waals surface area contributed by atoms with Crippen molar-refractivity contribution in [2.45, 2.75) is 74.2 Å². The van der Waals surface area contributed by atoms with Crippen LogP contribution in [0.4, 0.5) is 0 Å². The minimum Gasteiger partial charge on any atom is -0.462 e. The summed E-state index contributed by atoms with van der Waals surface area (Å²) in [5.41, 5.74) is 0.469. The maximum Gasteiger partial charge on any atom is 0.333 e. The average molecular weight is 388 g/mol. The molecule has 0 amide bonds. The van der Waals surface area contributed by atoms with E-state index in [4.69, 9.17) is 39.5 Å². The van der Waals surface area contributed by atoms with E-state index in [1.54, 1.807) is 6.92 Å². The van der Waals surface area contributed by atoms with Gasteiger partial charge in [0.05, 0.1) is 16.1 Å². The maximum absolute atomic E-state index is 11.1. The molecule has 22 heavy (non-hydrogen) atoms. The highest BCUT2D eigenvalue weighted by Gasteiger charge is 2.18. The minimum atomic E-state index is -0.946. The van der Waals surface area contributed by atoms with Crippen LogP contribution < -0.4 is 0 Å². The molecule has 2 nitrogen and oxygen atoms in total. The van der Waals surface area contributed by atoms with E-state index >= 15 is 0 Å². The van der Waals surface area contributed by atoms with E-state index in [-0.39, 0.29) is 5.97 Å². The van der Waals surface area contributed by atoms with Gasteiger partial charge < -0.3 is 4.74 Å². The quantitative estimate of drug-likeness (QED) is 0.136. The standard InChI is InChI=1S/C16H29Cl3O2Si/c1-14(2)15(20)21-12-10-8-6-4-3-5-7-9-11-13-22-16(17,18)19/h1,3-13,22H2,2H3. The van der Waals surface area contributed by atoms with Gasteiger partial charge in [0.15, 0.2) is 3.42 Å². The highest BCUT2D eigenvalue weighted by molar-refractivity contribution is 6.87. The smallest absolute Gasteiger partial charge is 0.333 e. The van der Waals surface area contributed by atoms with Gasteiger partial charge in [-0.2, -0.15) is 0 Å². The number of unbranched alkanes of at least 4 members (excludes halogenated alkanes) is 8. The lowest BCUT2D eigenvalue weighted by molar-refractivity contribution is -0.139. The van der Waals surface area contributed by atoms with Gasteiger partial charge in [0.25, 0.3) is 0 Å². The van der Waals surface area contributed by atoms with E-state index in [1.807, 2.05) is 0 Å². The molecule has 0 fully saturated rings. The van der Waals surface area contributed by atoms with Crippen molar-refractivity contribution < 1.29 is 9.53 Å². The third kappa shape index (κ3) is 16.7. The van der Waals surface area contributed by atoms with Crippen LogP contribution in [0.3, 0.4) is 0 Å². The van der Waals surface area contributed by atoms with Crippen LogP contribution in [0.15, 0.2) is 12.2 Å². The van der Waals surface area contributed by atoms with Crippen molar-refractivity contribution >= 4 is 50.3 Å². The van der Waals surface area contributed by atoms with Crippen molar-refractivity contribution in [2.24, 2.45) is 0 Å². The van der Waals surface area contributed by atoms with Crippen LogP contribution in [-0.4, -0.2) is 25.5 Å². The molecule has 0 aromatic carbocycles. The molecule has 0 aromatic heterocycles. The Kier molecular flexibility index (Phi) is 13.9. The normalized spacial score (nSPS) is 12.0. The van der Waals surface area contributed by atoms with E-state index in [0.29, 0.717) is 12.2 Å². The fraction of sp³-hybridized carbons (Fsp3) is 0.812. The summed E-state index contributed by atoms with van der Waals surface area (Å²) in [7, 11) is -0.562. The Morgan fingerprint density at radius 2 is 1.41 bits per heavy atom. The van der Waals surface area contributed by atoms with Crippen LogP contribution in [0.1, 0.15) is 64.7 Å². The highest BCUT2D eigenvalue weighted by Crippen LogP contribution is 2.26. The van der Waals surface area contributed by atoms with Crippen molar-refractivity contribution in [3.8, 4) is 0 Å². The summed E-state index contributed by atoms with van der Waals surface area (Å²) in [4.78, 5) is 11.1. The first-order valence-corrected chi connectivity index (χ1v) is 11.1. The second-order valence-corrected chi connectivity index (χ2v) is 11.9. The lowest BCUT2D eigenvalue weighted by Crippen LogP contribution is -2.12. The summed E-state index contributed by atoms with van der Waals surface area (Å²) in [6.07, 6.45) is 10.9. The van der Waals surface area contributed by atoms with Crippen LogP contribution >= 0.6 is 34.8 Å². The van der Waals surface area contributed by atoms with Crippen molar-refractivity contribution in [1.29, 1.82) is 0 Å². The van der Waals surface area contributed by atoms with Gasteiger partial charge in [-0.15, -0.1) is 0 Å². The summed E-state index contributed by atoms with van der Waals surface area (Å²) in [6, 6.07) is 1.12. The molecule has 0 aliphatic heterocycles. The lowest BCUT2D eigenvalue weighted by atomic mass is 10.1. The van der Waals surface area contributed by atoms with Crippen LogP contribution in [0, 0.1) is 0 Å². The molecule has 0 radical (unpaired) electrons. The molecule has 0 N–H and O–H groups in total. The summed E-state index contributed by atoms with van der Waals surface area (Å²) < 4.78 is 4.10. The number of alkyl halides is 3. The number of carbonyl (C=O) groups excluding carboxylic acids is 1. The van der Waals surface area contributed by atoms with E-state index in [9.17, 15) is 4.79 Å². The van der Waals surface area contributed by atoms with E-state index in [2.05, 4.69) is 6.58 Å². The first-order chi connectivity index (χ1) is 10.3. The molecule has 0 saturated carbocycles. The third-order valence-corrected chi connectivity index (χ3v) is 6.56. The van der Waals surface area contributed by atoms with Gasteiger partial charge in [-0.25, -0.2) is 4.79 Å². The first kappa shape index (κ1) is 22.3. The SMILES string of the molecule is C=C(C)C(=O)OCCCCCCCCCCC[SiH2]C(Cl)(Cl)Cl. The van der Waals surface area contributed by atoms with E-state index < -0.39 is 12.9 Å². The Hall–Kier alpha value is 0.297. The average Bonchev–Trinajstić information content (AvgIpc) is 2.42. The maximum atomic E-state index is 11.1. The molecule has 0 aromatic rings. The van der Waals surface area contributed by atoms with Crippen LogP contribution in [0.2, 0.25) is 6.04 Å². The second kappa shape index (κ2) is 13.7. The number of ether oxygens (including phenoxy) is 1. The molecule has 0 unspecified atom stereocenters. The fourth-order valence-corrected chi connectivity index (χ4v) is 4.34. The fourth-order valence-electron chi connectivity index (χ4n) is 2.13. The Labute approximate surface area is 152 Å². The largest absolute Gasteiger partial charge is 0.462 e. The number of hydrogen-bond acceptors (Lipinski definition) is 2. The molecule has 0 saturated heterocycles. The zero-order valence-electron chi connectivity index (χ0n) is 13.6. The summed E-state index contributed by atoms with van der Waals surface area (Å²) >= 11 is 17.3. The van der Waals surface area contributed by atoms with Gasteiger partial charge in [0, 0.05) is 5.57 Å². The first-order valence-electron chi connectivity index (χ1n) is 8.22. The molecule has 0 rings (SSSR count). The number of hydrogen-bond donors (Lipinski definition) is 0. The number of carbonyl (C=O) groups is 1. The molecular weight excluding hydrogens is 359 g/mol. The second-order valence-electron chi connectivity index (χ2n) is 5.82. The molecular formula is C16H29Cl3O2Si. The molecule has 0 heterocycles.